The van der Waals surface area contributed by atoms with Crippen LogP contribution in [0.15, 0.2) is 42.5 Å². The van der Waals surface area contributed by atoms with Gasteiger partial charge in [0.05, 0.1) is 14.2 Å². The normalized spacial score (nSPS) is 14.5. The SMILES string of the molecule is COc1cc(OC)cc(C(=O)N2CCN(C(=O)c3cc4ccc(C(C)(C)C)cc4[nH]3)CC2)c1. The molecule has 0 radical (unpaired) electrons. The summed E-state index contributed by atoms with van der Waals surface area (Å²) in [6, 6.07) is 13.3. The van der Waals surface area contributed by atoms with Crippen molar-refractivity contribution in [2.24, 2.45) is 0 Å². The Hall–Kier alpha value is -3.48. The minimum Gasteiger partial charge on any atom is -0.497 e. The molecule has 1 aromatic heterocycles. The van der Waals surface area contributed by atoms with Crippen molar-refractivity contribution >= 4 is 22.7 Å². The van der Waals surface area contributed by atoms with Crippen LogP contribution in [0.2, 0.25) is 0 Å². The van der Waals surface area contributed by atoms with Crippen molar-refractivity contribution in [3.05, 3.63) is 59.3 Å². The highest BCUT2D eigenvalue weighted by Gasteiger charge is 2.27. The minimum absolute atomic E-state index is 0.0408. The maximum Gasteiger partial charge on any atom is 0.270 e. The molecule has 4 rings (SSSR count). The summed E-state index contributed by atoms with van der Waals surface area (Å²) in [5.74, 6) is 0.998. The zero-order valence-corrected chi connectivity index (χ0v) is 19.9. The van der Waals surface area contributed by atoms with Gasteiger partial charge in [0.2, 0.25) is 0 Å². The van der Waals surface area contributed by atoms with Crippen LogP contribution in [-0.4, -0.2) is 67.0 Å². The van der Waals surface area contributed by atoms with Crippen molar-refractivity contribution in [1.82, 2.24) is 14.8 Å². The summed E-state index contributed by atoms with van der Waals surface area (Å²) in [5.41, 5.74) is 3.31. The monoisotopic (exact) mass is 449 g/mol. The number of benzene rings is 2. The molecule has 2 aromatic carbocycles. The van der Waals surface area contributed by atoms with E-state index in [0.29, 0.717) is 48.9 Å². The van der Waals surface area contributed by atoms with Crippen LogP contribution in [0.3, 0.4) is 0 Å². The average molecular weight is 450 g/mol. The van der Waals surface area contributed by atoms with Crippen molar-refractivity contribution < 1.29 is 19.1 Å². The van der Waals surface area contributed by atoms with Crippen LogP contribution < -0.4 is 9.47 Å². The maximum atomic E-state index is 13.1. The fourth-order valence-electron chi connectivity index (χ4n) is 4.11. The third-order valence-corrected chi connectivity index (χ3v) is 6.17. The minimum atomic E-state index is -0.0976. The Morgan fingerprint density at radius 3 is 1.94 bits per heavy atom. The van der Waals surface area contributed by atoms with E-state index in [2.05, 4.69) is 44.0 Å². The number of hydrogen-bond donors (Lipinski definition) is 1. The van der Waals surface area contributed by atoms with Crippen molar-refractivity contribution in [3.63, 3.8) is 0 Å². The number of carbonyl (C=O) groups excluding carboxylic acids is 2. The fourth-order valence-corrected chi connectivity index (χ4v) is 4.11. The van der Waals surface area contributed by atoms with Crippen molar-refractivity contribution in [2.75, 3.05) is 40.4 Å². The van der Waals surface area contributed by atoms with E-state index in [1.165, 1.54) is 5.56 Å². The van der Waals surface area contributed by atoms with Crippen LogP contribution in [0.1, 0.15) is 47.2 Å². The number of ether oxygens (including phenoxy) is 2. The zero-order chi connectivity index (χ0) is 23.8. The van der Waals surface area contributed by atoms with E-state index in [1.54, 1.807) is 42.2 Å². The molecule has 174 valence electrons. The molecule has 0 aliphatic carbocycles. The molecule has 0 bridgehead atoms. The van der Waals surface area contributed by atoms with E-state index in [-0.39, 0.29) is 17.2 Å². The van der Waals surface area contributed by atoms with Gasteiger partial charge >= 0.3 is 0 Å². The lowest BCUT2D eigenvalue weighted by Gasteiger charge is -2.34. The van der Waals surface area contributed by atoms with Crippen LogP contribution in [0.25, 0.3) is 10.9 Å². The summed E-state index contributed by atoms with van der Waals surface area (Å²) >= 11 is 0. The van der Waals surface area contributed by atoms with E-state index in [1.807, 2.05) is 6.07 Å². The van der Waals surface area contributed by atoms with Crippen LogP contribution >= 0.6 is 0 Å². The Bertz CT molecular complexity index is 1160. The van der Waals surface area contributed by atoms with Crippen LogP contribution in [-0.2, 0) is 5.41 Å². The fraction of sp³-hybridized carbons (Fsp3) is 0.385. The molecule has 2 amide bonds. The van der Waals surface area contributed by atoms with E-state index >= 15 is 0 Å². The molecule has 0 unspecified atom stereocenters. The highest BCUT2D eigenvalue weighted by Crippen LogP contribution is 2.27. The molecule has 2 heterocycles. The van der Waals surface area contributed by atoms with Gasteiger partial charge in [-0.05, 0) is 35.2 Å². The average Bonchev–Trinajstić information content (AvgIpc) is 3.25. The topological polar surface area (TPSA) is 74.9 Å². The number of aromatic amines is 1. The predicted octanol–water partition coefficient (Wildman–Crippen LogP) is 4.08. The number of methoxy groups -OCH3 is 2. The van der Waals surface area contributed by atoms with E-state index < -0.39 is 0 Å². The van der Waals surface area contributed by atoms with Gasteiger partial charge in [0, 0.05) is 48.7 Å². The summed E-state index contributed by atoms with van der Waals surface area (Å²) in [4.78, 5) is 33.0. The molecule has 33 heavy (non-hydrogen) atoms. The molecule has 1 fully saturated rings. The van der Waals surface area contributed by atoms with Crippen molar-refractivity contribution in [2.45, 2.75) is 26.2 Å². The third kappa shape index (κ3) is 4.67. The Kier molecular flexibility index (Phi) is 6.06. The van der Waals surface area contributed by atoms with Gasteiger partial charge in [-0.3, -0.25) is 9.59 Å². The lowest BCUT2D eigenvalue weighted by Crippen LogP contribution is -2.50. The molecule has 1 N–H and O–H groups in total. The Labute approximate surface area is 194 Å². The molecule has 0 saturated carbocycles. The molecule has 1 aliphatic heterocycles. The Balaban J connectivity index is 1.44. The molecule has 3 aromatic rings. The third-order valence-electron chi connectivity index (χ3n) is 6.17. The predicted molar refractivity (Wildman–Crippen MR) is 128 cm³/mol. The first-order valence-corrected chi connectivity index (χ1v) is 11.1. The number of nitrogens with zero attached hydrogens (tertiary/aromatic N) is 2. The molecule has 1 saturated heterocycles. The number of piperazine rings is 1. The molecule has 0 spiro atoms. The summed E-state index contributed by atoms with van der Waals surface area (Å²) in [5, 5.41) is 1.02. The van der Waals surface area contributed by atoms with Crippen LogP contribution in [0.4, 0.5) is 0 Å². The number of hydrogen-bond acceptors (Lipinski definition) is 4. The number of carbonyl (C=O) groups is 2. The van der Waals surface area contributed by atoms with Gasteiger partial charge in [0.1, 0.15) is 17.2 Å². The quantitative estimate of drug-likeness (QED) is 0.651. The zero-order valence-electron chi connectivity index (χ0n) is 19.9. The molecule has 7 nitrogen and oxygen atoms in total. The van der Waals surface area contributed by atoms with Crippen molar-refractivity contribution in [3.8, 4) is 11.5 Å². The van der Waals surface area contributed by atoms with Gasteiger partial charge in [-0.2, -0.15) is 0 Å². The van der Waals surface area contributed by atoms with Gasteiger partial charge in [-0.25, -0.2) is 0 Å². The first-order chi connectivity index (χ1) is 15.7. The van der Waals surface area contributed by atoms with Gasteiger partial charge in [-0.1, -0.05) is 32.9 Å². The second-order valence-corrected chi connectivity index (χ2v) is 9.42. The number of amides is 2. The highest BCUT2D eigenvalue weighted by atomic mass is 16.5. The molecular formula is C26H31N3O4. The lowest BCUT2D eigenvalue weighted by atomic mass is 9.87. The second kappa shape index (κ2) is 8.81. The highest BCUT2D eigenvalue weighted by molar-refractivity contribution is 5.99. The number of H-pyrrole nitrogens is 1. The summed E-state index contributed by atoms with van der Waals surface area (Å²) < 4.78 is 10.6. The lowest BCUT2D eigenvalue weighted by molar-refractivity contribution is 0.0532. The van der Waals surface area contributed by atoms with E-state index in [4.69, 9.17) is 9.47 Å². The first-order valence-electron chi connectivity index (χ1n) is 11.1. The second-order valence-electron chi connectivity index (χ2n) is 9.42. The molecule has 0 atom stereocenters. The van der Waals surface area contributed by atoms with Gasteiger partial charge < -0.3 is 24.3 Å². The van der Waals surface area contributed by atoms with Gasteiger partial charge in [0.25, 0.3) is 11.8 Å². The summed E-state index contributed by atoms with van der Waals surface area (Å²) in [6.45, 7) is 8.42. The standard InChI is InChI=1S/C26H31N3O4/c1-26(2,3)19-7-6-17-14-23(27-22(17)15-19)25(31)29-10-8-28(9-11-29)24(30)18-12-20(32-4)16-21(13-18)33-5/h6-7,12-16,27H,8-11H2,1-5H3. The summed E-state index contributed by atoms with van der Waals surface area (Å²) in [6.07, 6.45) is 0. The number of fused-ring (bicyclic) bond motifs is 1. The first kappa shape index (κ1) is 22.7. The van der Waals surface area contributed by atoms with Crippen molar-refractivity contribution in [1.29, 1.82) is 0 Å². The molecular weight excluding hydrogens is 418 g/mol. The smallest absolute Gasteiger partial charge is 0.270 e. The number of aromatic nitrogens is 1. The largest absolute Gasteiger partial charge is 0.497 e. The van der Waals surface area contributed by atoms with E-state index in [0.717, 1.165) is 10.9 Å². The Morgan fingerprint density at radius 1 is 0.818 bits per heavy atom. The maximum absolute atomic E-state index is 13.1. The molecule has 1 aliphatic rings. The number of nitrogens with one attached hydrogen (secondary N) is 1. The Morgan fingerprint density at radius 2 is 1.39 bits per heavy atom. The summed E-state index contributed by atoms with van der Waals surface area (Å²) in [7, 11) is 3.11. The van der Waals surface area contributed by atoms with Gasteiger partial charge in [-0.15, -0.1) is 0 Å². The van der Waals surface area contributed by atoms with Crippen LogP contribution in [0.5, 0.6) is 11.5 Å². The van der Waals surface area contributed by atoms with E-state index in [9.17, 15) is 9.59 Å². The van der Waals surface area contributed by atoms with Gasteiger partial charge in [0.15, 0.2) is 0 Å². The van der Waals surface area contributed by atoms with Crippen LogP contribution in [0, 0.1) is 0 Å². The number of rotatable bonds is 4. The molecule has 7 heteroatoms.